The molecule has 0 fully saturated rings. The molecule has 2 aromatic heterocycles. The zero-order chi connectivity index (χ0) is 25.9. The van der Waals surface area contributed by atoms with Crippen molar-refractivity contribution < 1.29 is 14.3 Å². The second kappa shape index (κ2) is 11.2. The van der Waals surface area contributed by atoms with Gasteiger partial charge in [-0.2, -0.15) is 0 Å². The molecule has 0 aliphatic heterocycles. The van der Waals surface area contributed by atoms with Crippen molar-refractivity contribution in [2.45, 2.75) is 70.4 Å². The molecule has 7 nitrogen and oxygen atoms in total. The third-order valence-corrected chi connectivity index (χ3v) is 8.56. The zero-order valence-electron chi connectivity index (χ0n) is 21.6. The Morgan fingerprint density at radius 1 is 1.11 bits per heavy atom. The van der Waals surface area contributed by atoms with Gasteiger partial charge < -0.3 is 14.6 Å². The zero-order valence-corrected chi connectivity index (χ0v) is 23.3. The molecule has 1 aliphatic carbocycles. The van der Waals surface area contributed by atoms with Crippen LogP contribution in [0.2, 0.25) is 0 Å². The van der Waals surface area contributed by atoms with Crippen LogP contribution in [0.1, 0.15) is 73.3 Å². The topological polar surface area (TPSA) is 86.1 Å². The van der Waals surface area contributed by atoms with E-state index in [0.29, 0.717) is 22.3 Å². The summed E-state index contributed by atoms with van der Waals surface area (Å²) in [7, 11) is 1.91. The highest BCUT2D eigenvalue weighted by Gasteiger charge is 2.27. The summed E-state index contributed by atoms with van der Waals surface area (Å²) in [5.41, 5.74) is 3.91. The van der Waals surface area contributed by atoms with Crippen molar-refractivity contribution in [2.75, 3.05) is 17.7 Å². The number of hydrogen-bond donors (Lipinski definition) is 1. The van der Waals surface area contributed by atoms with E-state index in [-0.39, 0.29) is 23.0 Å². The molecule has 9 heteroatoms. The first-order valence-corrected chi connectivity index (χ1v) is 14.2. The van der Waals surface area contributed by atoms with Crippen molar-refractivity contribution in [2.24, 2.45) is 7.05 Å². The number of carbonyl (C=O) groups excluding carboxylic acids is 2. The van der Waals surface area contributed by atoms with Crippen LogP contribution < -0.4 is 5.32 Å². The molecule has 0 unspecified atom stereocenters. The highest BCUT2D eigenvalue weighted by Crippen LogP contribution is 2.38. The van der Waals surface area contributed by atoms with Crippen molar-refractivity contribution in [1.82, 2.24) is 14.8 Å². The van der Waals surface area contributed by atoms with Gasteiger partial charge in [-0.1, -0.05) is 63.2 Å². The molecule has 1 aliphatic rings. The lowest BCUT2D eigenvalue weighted by Gasteiger charge is -2.19. The van der Waals surface area contributed by atoms with Crippen LogP contribution in [0.3, 0.4) is 0 Å². The number of esters is 1. The molecule has 192 valence electrons. The van der Waals surface area contributed by atoms with E-state index in [1.54, 1.807) is 6.92 Å². The molecule has 1 aromatic carbocycles. The minimum Gasteiger partial charge on any atom is -0.462 e. The Morgan fingerprint density at radius 3 is 2.53 bits per heavy atom. The predicted octanol–water partition coefficient (Wildman–Crippen LogP) is 6.02. The Balaban J connectivity index is 1.45. The van der Waals surface area contributed by atoms with E-state index in [9.17, 15) is 9.59 Å². The van der Waals surface area contributed by atoms with Gasteiger partial charge in [0.1, 0.15) is 5.00 Å². The van der Waals surface area contributed by atoms with E-state index in [4.69, 9.17) is 4.74 Å². The number of nitrogens with one attached hydrogen (secondary N) is 1. The standard InChI is InChI=1S/C27H34N4O3S2/c1-6-34-25(33)22-19-10-8-7-9-11-20(19)36-24(22)28-21(32)16-35-26-30-29-23(31(26)5)17-12-14-18(15-13-17)27(2,3)4/h12-15H,6-11,16H2,1-5H3,(H,28,32). The Hall–Kier alpha value is -2.65. The third kappa shape index (κ3) is 5.83. The van der Waals surface area contributed by atoms with Gasteiger partial charge >= 0.3 is 5.97 Å². The Labute approximate surface area is 221 Å². The number of thioether (sulfide) groups is 1. The molecule has 2 heterocycles. The Bertz CT molecular complexity index is 1240. The number of benzene rings is 1. The largest absolute Gasteiger partial charge is 0.462 e. The van der Waals surface area contributed by atoms with Crippen molar-refractivity contribution in [3.05, 3.63) is 45.8 Å². The van der Waals surface area contributed by atoms with E-state index < -0.39 is 0 Å². The predicted molar refractivity (Wildman–Crippen MR) is 146 cm³/mol. The molecule has 36 heavy (non-hydrogen) atoms. The van der Waals surface area contributed by atoms with Crippen LogP contribution in [0.15, 0.2) is 29.4 Å². The van der Waals surface area contributed by atoms with E-state index in [0.717, 1.165) is 49.1 Å². The highest BCUT2D eigenvalue weighted by atomic mass is 32.2. The van der Waals surface area contributed by atoms with Gasteiger partial charge in [-0.3, -0.25) is 4.79 Å². The molecule has 4 rings (SSSR count). The first kappa shape index (κ1) is 26.4. The molecule has 0 saturated heterocycles. The number of aromatic nitrogens is 3. The van der Waals surface area contributed by atoms with Gasteiger partial charge in [0.2, 0.25) is 5.91 Å². The van der Waals surface area contributed by atoms with Crippen molar-refractivity contribution in [3.63, 3.8) is 0 Å². The summed E-state index contributed by atoms with van der Waals surface area (Å²) in [5.74, 6) is 0.390. The minimum absolute atomic E-state index is 0.0843. The average Bonchev–Trinajstić information content (AvgIpc) is 3.27. The number of amides is 1. The summed E-state index contributed by atoms with van der Waals surface area (Å²) in [6, 6.07) is 8.36. The number of aryl methyl sites for hydroxylation is 1. The van der Waals surface area contributed by atoms with Crippen molar-refractivity contribution in [3.8, 4) is 11.4 Å². The number of thiophene rings is 1. The smallest absolute Gasteiger partial charge is 0.341 e. The molecule has 0 spiro atoms. The first-order valence-electron chi connectivity index (χ1n) is 12.4. The van der Waals surface area contributed by atoms with Crippen LogP contribution in [-0.4, -0.2) is 39.0 Å². The summed E-state index contributed by atoms with van der Waals surface area (Å²) in [6.07, 6.45) is 5.10. The van der Waals surface area contributed by atoms with Crippen LogP contribution in [0.25, 0.3) is 11.4 Å². The van der Waals surface area contributed by atoms with Gasteiger partial charge in [-0.15, -0.1) is 21.5 Å². The van der Waals surface area contributed by atoms with Gasteiger partial charge in [0.05, 0.1) is 17.9 Å². The van der Waals surface area contributed by atoms with Crippen LogP contribution >= 0.6 is 23.1 Å². The Kier molecular flexibility index (Phi) is 8.20. The number of ether oxygens (including phenoxy) is 1. The highest BCUT2D eigenvalue weighted by molar-refractivity contribution is 7.99. The normalized spacial score (nSPS) is 13.7. The fourth-order valence-corrected chi connectivity index (χ4v) is 6.36. The maximum absolute atomic E-state index is 12.9. The van der Waals surface area contributed by atoms with E-state index >= 15 is 0 Å². The van der Waals surface area contributed by atoms with Crippen molar-refractivity contribution in [1.29, 1.82) is 0 Å². The van der Waals surface area contributed by atoms with E-state index in [2.05, 4.69) is 60.6 Å². The monoisotopic (exact) mass is 526 g/mol. The summed E-state index contributed by atoms with van der Waals surface area (Å²) in [6.45, 7) is 8.66. The minimum atomic E-state index is -0.352. The fraction of sp³-hybridized carbons (Fsp3) is 0.481. The number of nitrogens with zero attached hydrogens (tertiary/aromatic N) is 3. The molecular formula is C27H34N4O3S2. The maximum atomic E-state index is 12.9. The van der Waals surface area contributed by atoms with E-state index in [1.165, 1.54) is 33.5 Å². The second-order valence-electron chi connectivity index (χ2n) is 10.0. The summed E-state index contributed by atoms with van der Waals surface area (Å²) in [4.78, 5) is 26.8. The number of anilines is 1. The van der Waals surface area contributed by atoms with Gasteiger partial charge in [0, 0.05) is 17.5 Å². The molecular weight excluding hydrogens is 492 g/mol. The third-order valence-electron chi connectivity index (χ3n) is 6.33. The number of fused-ring (bicyclic) bond motifs is 1. The maximum Gasteiger partial charge on any atom is 0.341 e. The summed E-state index contributed by atoms with van der Waals surface area (Å²) in [5, 5.41) is 12.9. The number of carbonyl (C=O) groups is 2. The lowest BCUT2D eigenvalue weighted by Crippen LogP contribution is -2.17. The first-order chi connectivity index (χ1) is 17.2. The average molecular weight is 527 g/mol. The van der Waals surface area contributed by atoms with Gasteiger partial charge in [0.25, 0.3) is 0 Å². The van der Waals surface area contributed by atoms with Crippen molar-refractivity contribution >= 4 is 40.0 Å². The van der Waals surface area contributed by atoms with E-state index in [1.807, 2.05) is 11.6 Å². The lowest BCUT2D eigenvalue weighted by molar-refractivity contribution is -0.113. The molecule has 0 bridgehead atoms. The van der Waals surface area contributed by atoms with Gasteiger partial charge in [-0.05, 0) is 49.1 Å². The molecule has 0 saturated carbocycles. The van der Waals surface area contributed by atoms with Crippen LogP contribution in [0.4, 0.5) is 5.00 Å². The van der Waals surface area contributed by atoms with Crippen LogP contribution in [0.5, 0.6) is 0 Å². The fourth-order valence-electron chi connectivity index (χ4n) is 4.35. The molecule has 1 amide bonds. The molecule has 0 atom stereocenters. The second-order valence-corrected chi connectivity index (χ2v) is 12.1. The van der Waals surface area contributed by atoms with Gasteiger partial charge in [-0.25, -0.2) is 4.79 Å². The SMILES string of the molecule is CCOC(=O)c1c(NC(=O)CSc2nnc(-c3ccc(C(C)(C)C)cc3)n2C)sc2c1CCCCC2. The van der Waals surface area contributed by atoms with Gasteiger partial charge in [0.15, 0.2) is 11.0 Å². The van der Waals surface area contributed by atoms with Crippen LogP contribution in [-0.2, 0) is 34.8 Å². The molecule has 3 aromatic rings. The molecule has 0 radical (unpaired) electrons. The summed E-state index contributed by atoms with van der Waals surface area (Å²) < 4.78 is 7.22. The lowest BCUT2D eigenvalue weighted by atomic mass is 9.87. The summed E-state index contributed by atoms with van der Waals surface area (Å²) >= 11 is 2.84. The quantitative estimate of drug-likeness (QED) is 0.230. The number of hydrogen-bond acceptors (Lipinski definition) is 7. The van der Waals surface area contributed by atoms with Crippen LogP contribution in [0, 0.1) is 0 Å². The molecule has 1 N–H and O–H groups in total. The number of rotatable bonds is 7. The Morgan fingerprint density at radius 2 is 1.83 bits per heavy atom.